The molecule has 0 heterocycles. The first-order valence-corrected chi connectivity index (χ1v) is 8.76. The summed E-state index contributed by atoms with van der Waals surface area (Å²) in [6.07, 6.45) is 0.817. The Bertz CT molecular complexity index is 603. The number of carbonyl (C=O) groups excluding carboxylic acids is 1. The largest absolute Gasteiger partial charge is 0.611 e. The molecule has 23 heavy (non-hydrogen) atoms. The summed E-state index contributed by atoms with van der Waals surface area (Å²) in [5, 5.41) is 0. The predicted octanol–water partition coefficient (Wildman–Crippen LogP) is 3.02. The van der Waals surface area contributed by atoms with Gasteiger partial charge in [0.1, 0.15) is 11.5 Å². The molecule has 0 fully saturated rings. The van der Waals surface area contributed by atoms with Crippen LogP contribution in [0.3, 0.4) is 0 Å². The van der Waals surface area contributed by atoms with Crippen molar-refractivity contribution in [3.05, 3.63) is 60.2 Å². The Morgan fingerprint density at radius 2 is 1.83 bits per heavy atom. The molecule has 1 amide bonds. The van der Waals surface area contributed by atoms with E-state index in [1.165, 1.54) is 0 Å². The maximum Gasteiger partial charge on any atom is 0.210 e. The highest BCUT2D eigenvalue weighted by Crippen LogP contribution is 2.22. The molecule has 0 aliphatic carbocycles. The van der Waals surface area contributed by atoms with Gasteiger partial charge in [0.2, 0.25) is 6.41 Å². The molecule has 2 atom stereocenters. The van der Waals surface area contributed by atoms with Gasteiger partial charge in [0, 0.05) is 0 Å². The fourth-order valence-corrected chi connectivity index (χ4v) is 3.36. The molecule has 0 bridgehead atoms. The SMILES string of the molecule is COc1ccc(C(C)N(C=O)CC[S+]([O-])c2ccccc2)cc1. The van der Waals surface area contributed by atoms with E-state index in [1.807, 2.05) is 61.5 Å². The first kappa shape index (κ1) is 17.4. The van der Waals surface area contributed by atoms with E-state index in [1.54, 1.807) is 12.0 Å². The molecule has 0 saturated heterocycles. The van der Waals surface area contributed by atoms with Gasteiger partial charge in [-0.05, 0) is 47.9 Å². The minimum atomic E-state index is -1.10. The van der Waals surface area contributed by atoms with Crippen LogP contribution in [0.4, 0.5) is 0 Å². The highest BCUT2D eigenvalue weighted by atomic mass is 32.2. The second-order valence-electron chi connectivity index (χ2n) is 5.16. The Labute approximate surface area is 140 Å². The van der Waals surface area contributed by atoms with Crippen molar-refractivity contribution in [1.29, 1.82) is 0 Å². The minimum Gasteiger partial charge on any atom is -0.611 e. The zero-order valence-electron chi connectivity index (χ0n) is 13.3. The van der Waals surface area contributed by atoms with Crippen molar-refractivity contribution in [2.75, 3.05) is 19.4 Å². The summed E-state index contributed by atoms with van der Waals surface area (Å²) in [7, 11) is 1.62. The Hall–Kier alpha value is -1.98. The van der Waals surface area contributed by atoms with Gasteiger partial charge in [-0.3, -0.25) is 4.79 Å². The van der Waals surface area contributed by atoms with Crippen molar-refractivity contribution in [1.82, 2.24) is 4.90 Å². The van der Waals surface area contributed by atoms with Crippen LogP contribution in [-0.2, 0) is 16.0 Å². The summed E-state index contributed by atoms with van der Waals surface area (Å²) in [6.45, 7) is 2.40. The Kier molecular flexibility index (Phi) is 6.50. The van der Waals surface area contributed by atoms with Crippen molar-refractivity contribution >= 4 is 17.6 Å². The van der Waals surface area contributed by atoms with Crippen LogP contribution in [0, 0.1) is 0 Å². The van der Waals surface area contributed by atoms with E-state index in [2.05, 4.69) is 0 Å². The van der Waals surface area contributed by atoms with Gasteiger partial charge in [-0.15, -0.1) is 0 Å². The molecule has 2 rings (SSSR count). The zero-order valence-corrected chi connectivity index (χ0v) is 14.2. The van der Waals surface area contributed by atoms with Gasteiger partial charge in [0.25, 0.3) is 0 Å². The third kappa shape index (κ3) is 4.74. The molecule has 0 aromatic heterocycles. The lowest BCUT2D eigenvalue weighted by atomic mass is 10.1. The second kappa shape index (κ2) is 8.60. The molecule has 4 nitrogen and oxygen atoms in total. The van der Waals surface area contributed by atoms with Gasteiger partial charge in [-0.1, -0.05) is 30.3 Å². The van der Waals surface area contributed by atoms with Crippen molar-refractivity contribution in [3.8, 4) is 5.75 Å². The number of hydrogen-bond acceptors (Lipinski definition) is 3. The third-order valence-corrected chi connectivity index (χ3v) is 5.12. The minimum absolute atomic E-state index is 0.0776. The molecule has 0 radical (unpaired) electrons. The summed E-state index contributed by atoms with van der Waals surface area (Å²) in [6, 6.07) is 16.9. The number of hydrogen-bond donors (Lipinski definition) is 0. The lowest BCUT2D eigenvalue weighted by Crippen LogP contribution is -2.30. The fraction of sp³-hybridized carbons (Fsp3) is 0.278. The zero-order chi connectivity index (χ0) is 16.7. The Morgan fingerprint density at radius 1 is 1.17 bits per heavy atom. The number of benzene rings is 2. The highest BCUT2D eigenvalue weighted by Gasteiger charge is 2.18. The van der Waals surface area contributed by atoms with E-state index in [4.69, 9.17) is 4.74 Å². The maximum absolute atomic E-state index is 12.3. The van der Waals surface area contributed by atoms with Crippen LogP contribution in [0.25, 0.3) is 0 Å². The van der Waals surface area contributed by atoms with Gasteiger partial charge in [-0.2, -0.15) is 0 Å². The summed E-state index contributed by atoms with van der Waals surface area (Å²) in [5.41, 5.74) is 1.02. The molecule has 0 aliphatic rings. The fourth-order valence-electron chi connectivity index (χ4n) is 2.29. The molecule has 0 saturated carbocycles. The van der Waals surface area contributed by atoms with Crippen LogP contribution in [0.2, 0.25) is 0 Å². The first-order chi connectivity index (χ1) is 11.2. The van der Waals surface area contributed by atoms with E-state index in [9.17, 15) is 9.35 Å². The summed E-state index contributed by atoms with van der Waals surface area (Å²) >= 11 is -1.10. The van der Waals surface area contributed by atoms with Crippen molar-refractivity contribution in [2.24, 2.45) is 0 Å². The lowest BCUT2D eigenvalue weighted by molar-refractivity contribution is -0.119. The molecule has 0 aliphatic heterocycles. The average molecular weight is 331 g/mol. The van der Waals surface area contributed by atoms with Gasteiger partial charge in [0.05, 0.1) is 19.7 Å². The van der Waals surface area contributed by atoms with Crippen LogP contribution in [0.5, 0.6) is 5.75 Å². The number of carbonyl (C=O) groups is 1. The number of rotatable bonds is 8. The quantitative estimate of drug-likeness (QED) is 0.552. The molecule has 5 heteroatoms. The lowest BCUT2D eigenvalue weighted by Gasteiger charge is -2.25. The monoisotopic (exact) mass is 331 g/mol. The van der Waals surface area contributed by atoms with Crippen molar-refractivity contribution in [2.45, 2.75) is 17.9 Å². The number of methoxy groups -OCH3 is 1. The van der Waals surface area contributed by atoms with Gasteiger partial charge < -0.3 is 14.2 Å². The van der Waals surface area contributed by atoms with E-state index in [0.29, 0.717) is 12.3 Å². The van der Waals surface area contributed by atoms with Crippen LogP contribution < -0.4 is 4.74 Å². The summed E-state index contributed by atoms with van der Waals surface area (Å²) in [5.74, 6) is 1.20. The predicted molar refractivity (Wildman–Crippen MR) is 91.9 cm³/mol. The normalized spacial score (nSPS) is 13.2. The van der Waals surface area contributed by atoms with Gasteiger partial charge in [0.15, 0.2) is 4.90 Å². The molecule has 2 aromatic rings. The molecule has 122 valence electrons. The van der Waals surface area contributed by atoms with E-state index < -0.39 is 11.2 Å². The first-order valence-electron chi connectivity index (χ1n) is 7.44. The topological polar surface area (TPSA) is 52.6 Å². The molecule has 2 unspecified atom stereocenters. The standard InChI is InChI=1S/C18H21NO3S/c1-15(16-8-10-17(22-2)11-9-16)19(14-20)12-13-23(21)18-6-4-3-5-7-18/h3-11,14-15H,12-13H2,1-2H3. The number of amides is 1. The Balaban J connectivity index is 1.97. The molecule has 0 N–H and O–H groups in total. The van der Waals surface area contributed by atoms with Crippen molar-refractivity contribution in [3.63, 3.8) is 0 Å². The summed E-state index contributed by atoms with van der Waals surface area (Å²) < 4.78 is 17.4. The van der Waals surface area contributed by atoms with Gasteiger partial charge in [-0.25, -0.2) is 0 Å². The van der Waals surface area contributed by atoms with E-state index in [0.717, 1.165) is 22.6 Å². The molecular formula is C18H21NO3S. The Morgan fingerprint density at radius 3 is 2.39 bits per heavy atom. The second-order valence-corrected chi connectivity index (χ2v) is 6.73. The average Bonchev–Trinajstić information content (AvgIpc) is 2.62. The van der Waals surface area contributed by atoms with Crippen LogP contribution >= 0.6 is 0 Å². The van der Waals surface area contributed by atoms with E-state index in [-0.39, 0.29) is 6.04 Å². The van der Waals surface area contributed by atoms with Crippen LogP contribution in [0.1, 0.15) is 18.5 Å². The molecule has 2 aromatic carbocycles. The van der Waals surface area contributed by atoms with E-state index >= 15 is 0 Å². The number of ether oxygens (including phenoxy) is 1. The smallest absolute Gasteiger partial charge is 0.210 e. The number of nitrogens with zero attached hydrogens (tertiary/aromatic N) is 1. The summed E-state index contributed by atoms with van der Waals surface area (Å²) in [4.78, 5) is 13.9. The highest BCUT2D eigenvalue weighted by molar-refractivity contribution is 7.91. The van der Waals surface area contributed by atoms with Crippen molar-refractivity contribution < 1.29 is 14.1 Å². The third-order valence-electron chi connectivity index (χ3n) is 3.77. The molecule has 0 spiro atoms. The van der Waals surface area contributed by atoms with Gasteiger partial charge >= 0.3 is 0 Å². The molecular weight excluding hydrogens is 310 g/mol. The maximum atomic E-state index is 12.3. The van der Waals surface area contributed by atoms with Crippen LogP contribution in [-0.4, -0.2) is 35.3 Å². The van der Waals surface area contributed by atoms with Crippen LogP contribution in [0.15, 0.2) is 59.5 Å².